The summed E-state index contributed by atoms with van der Waals surface area (Å²) in [5, 5.41) is 4.56. The van der Waals surface area contributed by atoms with Gasteiger partial charge in [0.25, 0.3) is 0 Å². The van der Waals surface area contributed by atoms with Crippen molar-refractivity contribution in [3.05, 3.63) is 48.0 Å². The lowest BCUT2D eigenvalue weighted by atomic mass is 10.1. The molecular weight excluding hydrogens is 262 g/mol. The molecule has 4 rings (SSSR count). The number of nitrogens with zero attached hydrogens (tertiary/aromatic N) is 2. The molecule has 0 spiro atoms. The van der Waals surface area contributed by atoms with Crippen LogP contribution in [-0.4, -0.2) is 16.0 Å². The highest BCUT2D eigenvalue weighted by Crippen LogP contribution is 2.28. The second kappa shape index (κ2) is 4.97. The molecule has 4 nitrogen and oxygen atoms in total. The molecule has 0 radical (unpaired) electrons. The molecule has 2 aromatic heterocycles. The molecule has 0 atom stereocenters. The second-order valence-electron chi connectivity index (χ2n) is 5.62. The van der Waals surface area contributed by atoms with Crippen LogP contribution in [0.2, 0.25) is 0 Å². The molecule has 0 unspecified atom stereocenters. The van der Waals surface area contributed by atoms with Crippen molar-refractivity contribution in [3.8, 4) is 11.4 Å². The summed E-state index contributed by atoms with van der Waals surface area (Å²) in [7, 11) is 0. The Morgan fingerprint density at radius 1 is 1.24 bits per heavy atom. The van der Waals surface area contributed by atoms with Crippen molar-refractivity contribution in [1.29, 1.82) is 0 Å². The molecule has 106 valence electrons. The smallest absolute Gasteiger partial charge is 0.163 e. The number of furan rings is 1. The van der Waals surface area contributed by atoms with E-state index in [0.717, 1.165) is 40.3 Å². The van der Waals surface area contributed by atoms with Crippen LogP contribution in [0, 0.1) is 6.92 Å². The van der Waals surface area contributed by atoms with E-state index in [4.69, 9.17) is 9.40 Å². The van der Waals surface area contributed by atoms with Gasteiger partial charge in [0, 0.05) is 23.7 Å². The van der Waals surface area contributed by atoms with Crippen LogP contribution >= 0.6 is 0 Å². The number of para-hydroxylation sites is 1. The van der Waals surface area contributed by atoms with Crippen LogP contribution in [0.3, 0.4) is 0 Å². The van der Waals surface area contributed by atoms with Crippen LogP contribution in [0.1, 0.15) is 24.2 Å². The molecule has 0 amide bonds. The predicted molar refractivity (Wildman–Crippen MR) is 81.8 cm³/mol. The zero-order valence-electron chi connectivity index (χ0n) is 12.0. The summed E-state index contributed by atoms with van der Waals surface area (Å²) in [5.74, 6) is 0.743. The number of hydrogen-bond donors (Lipinski definition) is 1. The van der Waals surface area contributed by atoms with E-state index >= 15 is 0 Å². The largest absolute Gasteiger partial charge is 0.464 e. The van der Waals surface area contributed by atoms with Gasteiger partial charge in [-0.25, -0.2) is 9.97 Å². The summed E-state index contributed by atoms with van der Waals surface area (Å²) in [4.78, 5) is 9.26. The van der Waals surface area contributed by atoms with E-state index in [2.05, 4.69) is 10.3 Å². The lowest BCUT2D eigenvalue weighted by Gasteiger charge is -2.06. The van der Waals surface area contributed by atoms with Crippen LogP contribution in [0.15, 0.2) is 41.0 Å². The first-order valence-corrected chi connectivity index (χ1v) is 7.34. The van der Waals surface area contributed by atoms with E-state index in [1.165, 1.54) is 12.8 Å². The molecule has 1 fully saturated rings. The van der Waals surface area contributed by atoms with Crippen LogP contribution in [0.5, 0.6) is 0 Å². The number of fused-ring (bicyclic) bond motifs is 1. The summed E-state index contributed by atoms with van der Waals surface area (Å²) >= 11 is 0. The molecule has 0 saturated heterocycles. The number of aromatic nitrogens is 2. The molecule has 1 N–H and O–H groups in total. The molecule has 0 aliphatic heterocycles. The third-order valence-electron chi connectivity index (χ3n) is 3.78. The maximum Gasteiger partial charge on any atom is 0.163 e. The van der Waals surface area contributed by atoms with Crippen molar-refractivity contribution in [2.75, 3.05) is 0 Å². The Labute approximate surface area is 123 Å². The average molecular weight is 279 g/mol. The van der Waals surface area contributed by atoms with Gasteiger partial charge in [-0.2, -0.15) is 0 Å². The molecule has 1 aliphatic rings. The Bertz CT molecular complexity index is 790. The van der Waals surface area contributed by atoms with Gasteiger partial charge in [-0.1, -0.05) is 18.2 Å². The summed E-state index contributed by atoms with van der Waals surface area (Å²) in [5.41, 5.74) is 3.85. The molecule has 1 aromatic carbocycles. The summed E-state index contributed by atoms with van der Waals surface area (Å²) in [6.07, 6.45) is 4.31. The molecule has 4 heteroatoms. The zero-order valence-corrected chi connectivity index (χ0v) is 12.0. The molecule has 0 bridgehead atoms. The first kappa shape index (κ1) is 12.5. The number of nitrogens with one attached hydrogen (secondary N) is 1. The van der Waals surface area contributed by atoms with Crippen molar-refractivity contribution in [2.45, 2.75) is 32.4 Å². The van der Waals surface area contributed by atoms with Gasteiger partial charge in [-0.15, -0.1) is 0 Å². The number of rotatable bonds is 4. The normalized spacial score (nSPS) is 14.7. The monoisotopic (exact) mass is 279 g/mol. The molecular formula is C17H17N3O. The van der Waals surface area contributed by atoms with Crippen LogP contribution in [0.4, 0.5) is 0 Å². The Balaban J connectivity index is 1.72. The van der Waals surface area contributed by atoms with Crippen LogP contribution in [-0.2, 0) is 6.54 Å². The average Bonchev–Trinajstić information content (AvgIpc) is 3.22. The van der Waals surface area contributed by atoms with Crippen molar-refractivity contribution in [2.24, 2.45) is 0 Å². The van der Waals surface area contributed by atoms with Gasteiger partial charge in [-0.3, -0.25) is 0 Å². The third-order valence-corrected chi connectivity index (χ3v) is 3.78. The fourth-order valence-electron chi connectivity index (χ4n) is 2.53. The minimum absolute atomic E-state index is 0.679. The van der Waals surface area contributed by atoms with E-state index in [0.29, 0.717) is 6.04 Å². The van der Waals surface area contributed by atoms with Gasteiger partial charge in [0.2, 0.25) is 0 Å². The summed E-state index contributed by atoms with van der Waals surface area (Å²) < 4.78 is 5.60. The van der Waals surface area contributed by atoms with Crippen LogP contribution < -0.4 is 5.32 Å². The van der Waals surface area contributed by atoms with Gasteiger partial charge in [0.05, 0.1) is 11.3 Å². The van der Waals surface area contributed by atoms with Gasteiger partial charge < -0.3 is 9.73 Å². The zero-order chi connectivity index (χ0) is 14.2. The maximum atomic E-state index is 5.60. The van der Waals surface area contributed by atoms with E-state index < -0.39 is 0 Å². The van der Waals surface area contributed by atoms with Crippen molar-refractivity contribution < 1.29 is 4.42 Å². The molecule has 3 aromatic rings. The standard InChI is InChI=1S/C17H17N3O/c1-11-8-13(9-18-12-6-7-12)20-17(19-11)15-10-21-16-5-3-2-4-14(15)16/h2-5,8,10,12,18H,6-7,9H2,1H3. The summed E-state index contributed by atoms with van der Waals surface area (Å²) in [6.45, 7) is 2.81. The highest BCUT2D eigenvalue weighted by atomic mass is 16.3. The molecule has 1 aliphatic carbocycles. The number of aryl methyl sites for hydroxylation is 1. The van der Waals surface area contributed by atoms with Gasteiger partial charge >= 0.3 is 0 Å². The molecule has 1 saturated carbocycles. The SMILES string of the molecule is Cc1cc(CNC2CC2)nc(-c2coc3ccccc23)n1. The minimum atomic E-state index is 0.679. The number of benzene rings is 1. The minimum Gasteiger partial charge on any atom is -0.464 e. The van der Waals surface area contributed by atoms with E-state index in [-0.39, 0.29) is 0 Å². The van der Waals surface area contributed by atoms with Gasteiger partial charge in [-0.05, 0) is 31.9 Å². The van der Waals surface area contributed by atoms with E-state index in [9.17, 15) is 0 Å². The van der Waals surface area contributed by atoms with Gasteiger partial charge in [0.1, 0.15) is 11.8 Å². The molecule has 2 heterocycles. The first-order valence-electron chi connectivity index (χ1n) is 7.34. The maximum absolute atomic E-state index is 5.60. The van der Waals surface area contributed by atoms with Crippen LogP contribution in [0.25, 0.3) is 22.4 Å². The second-order valence-corrected chi connectivity index (χ2v) is 5.62. The Morgan fingerprint density at radius 2 is 2.10 bits per heavy atom. The lowest BCUT2D eigenvalue weighted by Crippen LogP contribution is -2.16. The molecule has 21 heavy (non-hydrogen) atoms. The highest BCUT2D eigenvalue weighted by molar-refractivity contribution is 5.91. The first-order chi connectivity index (χ1) is 10.3. The fraction of sp³-hybridized carbons (Fsp3) is 0.294. The summed E-state index contributed by atoms with van der Waals surface area (Å²) in [6, 6.07) is 10.7. The van der Waals surface area contributed by atoms with E-state index in [1.807, 2.05) is 37.3 Å². The highest BCUT2D eigenvalue weighted by Gasteiger charge is 2.20. The van der Waals surface area contributed by atoms with Gasteiger partial charge in [0.15, 0.2) is 5.82 Å². The van der Waals surface area contributed by atoms with Crippen molar-refractivity contribution >= 4 is 11.0 Å². The Kier molecular flexibility index (Phi) is 2.97. The predicted octanol–water partition coefficient (Wildman–Crippen LogP) is 3.45. The quantitative estimate of drug-likeness (QED) is 0.794. The third kappa shape index (κ3) is 2.54. The topological polar surface area (TPSA) is 51.0 Å². The van der Waals surface area contributed by atoms with E-state index in [1.54, 1.807) is 6.26 Å². The lowest BCUT2D eigenvalue weighted by molar-refractivity contribution is 0.616. The Morgan fingerprint density at radius 3 is 2.95 bits per heavy atom. The van der Waals surface area contributed by atoms with Crippen molar-refractivity contribution in [1.82, 2.24) is 15.3 Å². The fourth-order valence-corrected chi connectivity index (χ4v) is 2.53. The number of hydrogen-bond acceptors (Lipinski definition) is 4. The van der Waals surface area contributed by atoms with Crippen molar-refractivity contribution in [3.63, 3.8) is 0 Å². The Hall–Kier alpha value is -2.20.